The van der Waals surface area contributed by atoms with Crippen LogP contribution in [0.15, 0.2) is 97.7 Å². The summed E-state index contributed by atoms with van der Waals surface area (Å²) in [6.07, 6.45) is 9.56. The van der Waals surface area contributed by atoms with Gasteiger partial charge in [-0.2, -0.15) is 0 Å². The van der Waals surface area contributed by atoms with E-state index in [-0.39, 0.29) is 11.9 Å². The molecule has 0 aliphatic heterocycles. The summed E-state index contributed by atoms with van der Waals surface area (Å²) in [7, 11) is 0. The van der Waals surface area contributed by atoms with Crippen molar-refractivity contribution >= 4 is 17.5 Å². The molecule has 3 heterocycles. The number of urea groups is 1. The Balaban J connectivity index is 1.58. The van der Waals surface area contributed by atoms with Gasteiger partial charge in [-0.15, -0.1) is 0 Å². The van der Waals surface area contributed by atoms with Crippen LogP contribution in [-0.2, 0) is 6.42 Å². The highest BCUT2D eigenvalue weighted by Crippen LogP contribution is 2.29. The molecule has 6 nitrogen and oxygen atoms in total. The van der Waals surface area contributed by atoms with Gasteiger partial charge in [-0.05, 0) is 53.4 Å². The van der Waals surface area contributed by atoms with Crippen LogP contribution >= 0.6 is 0 Å². The lowest BCUT2D eigenvalue weighted by Gasteiger charge is -2.19. The Morgan fingerprint density at radius 3 is 2.07 bits per heavy atom. The summed E-state index contributed by atoms with van der Waals surface area (Å²) in [6.45, 7) is 0. The van der Waals surface area contributed by atoms with E-state index in [4.69, 9.17) is 0 Å². The summed E-state index contributed by atoms with van der Waals surface area (Å²) in [6, 6.07) is 20.8. The van der Waals surface area contributed by atoms with Gasteiger partial charge in [0.05, 0.1) is 0 Å². The lowest BCUT2D eigenvalue weighted by atomic mass is 9.88. The average Bonchev–Trinajstić information content (AvgIpc) is 2.80. The number of rotatable bonds is 6. The third-order valence-electron chi connectivity index (χ3n) is 4.75. The highest BCUT2D eigenvalue weighted by atomic mass is 16.2. The molecule has 4 aromatic rings. The molecule has 0 fully saturated rings. The molecule has 0 spiro atoms. The number of benzene rings is 1. The molecule has 0 aliphatic carbocycles. The summed E-state index contributed by atoms with van der Waals surface area (Å²) in [5.41, 5.74) is 3.80. The van der Waals surface area contributed by atoms with Crippen LogP contribution < -0.4 is 10.6 Å². The monoisotopic (exact) mass is 395 g/mol. The van der Waals surface area contributed by atoms with E-state index < -0.39 is 0 Å². The Hall–Kier alpha value is -4.06. The molecule has 0 radical (unpaired) electrons. The Morgan fingerprint density at radius 2 is 1.43 bits per heavy atom. The standard InChI is InChI=1S/C24H21N5O/c30-24(28-21-10-2-1-3-11-21)29-23-18(7-6-14-27-23)15-22(19-8-4-12-25-16-19)20-9-5-13-26-17-20/h1-14,16-17,22H,15H2,(H2,27,28,29,30). The van der Waals surface area contributed by atoms with Crippen LogP contribution in [0.1, 0.15) is 22.6 Å². The van der Waals surface area contributed by atoms with E-state index in [2.05, 4.69) is 37.7 Å². The molecule has 0 unspecified atom stereocenters. The van der Waals surface area contributed by atoms with E-state index in [1.54, 1.807) is 18.6 Å². The highest BCUT2D eigenvalue weighted by molar-refractivity contribution is 5.99. The minimum Gasteiger partial charge on any atom is -0.308 e. The van der Waals surface area contributed by atoms with Crippen molar-refractivity contribution in [3.63, 3.8) is 0 Å². The van der Waals surface area contributed by atoms with Crippen LogP contribution in [0.2, 0.25) is 0 Å². The first-order valence-corrected chi connectivity index (χ1v) is 9.66. The average molecular weight is 395 g/mol. The van der Waals surface area contributed by atoms with Crippen molar-refractivity contribution in [1.29, 1.82) is 0 Å². The molecule has 148 valence electrons. The van der Waals surface area contributed by atoms with E-state index in [1.165, 1.54) is 0 Å². The number of aromatic nitrogens is 3. The maximum absolute atomic E-state index is 12.5. The molecule has 0 saturated heterocycles. The van der Waals surface area contributed by atoms with Crippen LogP contribution in [-0.4, -0.2) is 21.0 Å². The van der Waals surface area contributed by atoms with Gasteiger partial charge < -0.3 is 5.32 Å². The van der Waals surface area contributed by atoms with Crippen molar-refractivity contribution in [3.05, 3.63) is 114 Å². The highest BCUT2D eigenvalue weighted by Gasteiger charge is 2.18. The number of anilines is 2. The maximum Gasteiger partial charge on any atom is 0.324 e. The number of carbonyl (C=O) groups is 1. The van der Waals surface area contributed by atoms with E-state index in [0.717, 1.165) is 22.4 Å². The molecule has 2 amide bonds. The Morgan fingerprint density at radius 1 is 0.767 bits per heavy atom. The predicted molar refractivity (Wildman–Crippen MR) is 117 cm³/mol. The fourth-order valence-electron chi connectivity index (χ4n) is 3.32. The van der Waals surface area contributed by atoms with E-state index in [1.807, 2.05) is 67.0 Å². The molecule has 1 aromatic carbocycles. The van der Waals surface area contributed by atoms with Gasteiger partial charge in [0, 0.05) is 42.6 Å². The van der Waals surface area contributed by atoms with Gasteiger partial charge in [0.15, 0.2) is 0 Å². The number of hydrogen-bond donors (Lipinski definition) is 2. The number of hydrogen-bond acceptors (Lipinski definition) is 4. The van der Waals surface area contributed by atoms with Crippen LogP contribution in [0, 0.1) is 0 Å². The SMILES string of the molecule is O=C(Nc1ccccc1)Nc1ncccc1CC(c1cccnc1)c1cccnc1. The van der Waals surface area contributed by atoms with Gasteiger partial charge in [-0.25, -0.2) is 9.78 Å². The second-order valence-corrected chi connectivity index (χ2v) is 6.79. The molecule has 3 aromatic heterocycles. The lowest BCUT2D eigenvalue weighted by Crippen LogP contribution is -2.21. The second kappa shape index (κ2) is 9.43. The van der Waals surface area contributed by atoms with Crippen molar-refractivity contribution in [1.82, 2.24) is 15.0 Å². The van der Waals surface area contributed by atoms with E-state index in [9.17, 15) is 4.79 Å². The maximum atomic E-state index is 12.5. The molecule has 4 rings (SSSR count). The smallest absolute Gasteiger partial charge is 0.308 e. The lowest BCUT2D eigenvalue weighted by molar-refractivity contribution is 0.262. The summed E-state index contributed by atoms with van der Waals surface area (Å²) < 4.78 is 0. The quantitative estimate of drug-likeness (QED) is 0.487. The number of pyridine rings is 3. The normalized spacial score (nSPS) is 10.6. The Bertz CT molecular complexity index is 1050. The second-order valence-electron chi connectivity index (χ2n) is 6.79. The van der Waals surface area contributed by atoms with Gasteiger partial charge >= 0.3 is 6.03 Å². The number of nitrogens with zero attached hydrogens (tertiary/aromatic N) is 3. The molecule has 0 bridgehead atoms. The third kappa shape index (κ3) is 4.86. The number of para-hydroxylation sites is 1. The van der Waals surface area contributed by atoms with E-state index >= 15 is 0 Å². The largest absolute Gasteiger partial charge is 0.324 e. The Kier molecular flexibility index (Phi) is 6.05. The third-order valence-corrected chi connectivity index (χ3v) is 4.75. The molecular weight excluding hydrogens is 374 g/mol. The molecular formula is C24H21N5O. The number of nitrogens with one attached hydrogen (secondary N) is 2. The van der Waals surface area contributed by atoms with Crippen molar-refractivity contribution < 1.29 is 4.79 Å². The zero-order chi connectivity index (χ0) is 20.6. The first kappa shape index (κ1) is 19.3. The van der Waals surface area contributed by atoms with Gasteiger partial charge in [0.1, 0.15) is 5.82 Å². The molecule has 6 heteroatoms. The topological polar surface area (TPSA) is 79.8 Å². The van der Waals surface area contributed by atoms with Crippen LogP contribution in [0.3, 0.4) is 0 Å². The predicted octanol–water partition coefficient (Wildman–Crippen LogP) is 4.89. The fourth-order valence-corrected chi connectivity index (χ4v) is 3.32. The van der Waals surface area contributed by atoms with Gasteiger partial charge in [-0.3, -0.25) is 15.3 Å². The minimum absolute atomic E-state index is 0.0364. The van der Waals surface area contributed by atoms with Crippen LogP contribution in [0.25, 0.3) is 0 Å². The first-order valence-electron chi connectivity index (χ1n) is 9.66. The van der Waals surface area contributed by atoms with E-state index in [0.29, 0.717) is 12.2 Å². The zero-order valence-corrected chi connectivity index (χ0v) is 16.3. The molecule has 0 aliphatic rings. The molecule has 0 saturated carbocycles. The van der Waals surface area contributed by atoms with Crippen molar-refractivity contribution in [2.24, 2.45) is 0 Å². The van der Waals surface area contributed by atoms with Crippen LogP contribution in [0.5, 0.6) is 0 Å². The fraction of sp³-hybridized carbons (Fsp3) is 0.0833. The Labute approximate surface area is 175 Å². The number of carbonyl (C=O) groups excluding carboxylic acids is 1. The van der Waals surface area contributed by atoms with Gasteiger partial charge in [-0.1, -0.05) is 36.4 Å². The summed E-state index contributed by atoms with van der Waals surface area (Å²) in [5, 5.41) is 5.70. The molecule has 30 heavy (non-hydrogen) atoms. The van der Waals surface area contributed by atoms with Gasteiger partial charge in [0.2, 0.25) is 0 Å². The molecule has 0 atom stereocenters. The van der Waals surface area contributed by atoms with Crippen molar-refractivity contribution in [2.45, 2.75) is 12.3 Å². The summed E-state index contributed by atoms with van der Waals surface area (Å²) >= 11 is 0. The minimum atomic E-state index is -0.333. The summed E-state index contributed by atoms with van der Waals surface area (Å²) in [5.74, 6) is 0.568. The van der Waals surface area contributed by atoms with Crippen molar-refractivity contribution in [3.8, 4) is 0 Å². The summed E-state index contributed by atoms with van der Waals surface area (Å²) in [4.78, 5) is 25.4. The van der Waals surface area contributed by atoms with Crippen molar-refractivity contribution in [2.75, 3.05) is 10.6 Å². The number of amides is 2. The molecule has 2 N–H and O–H groups in total. The van der Waals surface area contributed by atoms with Crippen LogP contribution in [0.4, 0.5) is 16.3 Å². The van der Waals surface area contributed by atoms with Gasteiger partial charge in [0.25, 0.3) is 0 Å². The first-order chi connectivity index (χ1) is 14.8. The zero-order valence-electron chi connectivity index (χ0n) is 16.3.